The number of imidazole rings is 1. The molecule has 46 heavy (non-hydrogen) atoms. The Bertz CT molecular complexity index is 1860. The number of alkyl halides is 6. The van der Waals surface area contributed by atoms with Gasteiger partial charge >= 0.3 is 12.4 Å². The zero-order chi connectivity index (χ0) is 33.8. The summed E-state index contributed by atoms with van der Waals surface area (Å²) in [6, 6.07) is 8.26. The van der Waals surface area contributed by atoms with Gasteiger partial charge in [0.1, 0.15) is 6.07 Å². The minimum absolute atomic E-state index is 0.0241. The van der Waals surface area contributed by atoms with Crippen LogP contribution in [0, 0.1) is 16.7 Å². The van der Waals surface area contributed by atoms with Crippen molar-refractivity contribution in [3.05, 3.63) is 70.4 Å². The summed E-state index contributed by atoms with van der Waals surface area (Å²) in [5.41, 5.74) is 5.05. The predicted octanol–water partition coefficient (Wildman–Crippen LogP) is 7.34. The number of fused-ring (bicyclic) bond motifs is 2. The number of rotatable bonds is 8. The molecule has 0 radical (unpaired) electrons. The number of aromatic nitrogens is 3. The number of nitrogens with one attached hydrogen (secondary N) is 3. The number of nitrogens with two attached hydrogens (primary N) is 2. The molecule has 5 rings (SSSR count). The number of anilines is 2. The quantitative estimate of drug-likeness (QED) is 0.0747. The first kappa shape index (κ1) is 33.0. The summed E-state index contributed by atoms with van der Waals surface area (Å²) in [7, 11) is 0. The average molecular weight is 666 g/mol. The molecule has 7 N–H and O–H groups in total. The Hall–Kier alpha value is -4.42. The first-order chi connectivity index (χ1) is 21.3. The van der Waals surface area contributed by atoms with Gasteiger partial charge in [-0.25, -0.2) is 10.8 Å². The fourth-order valence-corrected chi connectivity index (χ4v) is 5.33. The molecule has 1 fully saturated rings. The largest absolute Gasteiger partial charge is 0.449 e. The first-order valence-corrected chi connectivity index (χ1v) is 14.4. The molecule has 244 valence electrons. The number of pyridine rings is 1. The Balaban J connectivity index is 1.66. The second-order valence-electron chi connectivity index (χ2n) is 12.4. The Morgan fingerprint density at radius 3 is 2.46 bits per heavy atom. The standard InChI is InChI=1S/C30H30ClF6N9/c1-27(2,3)14-42-22-15(11-38)12-41-23-18(22)9-16(10-19(23)31)43-24(20(39)13-46(40)28(7-8-28)30(35,36)37)17-5-4-6-21-25(17)45-26(44-21)29(32,33)34/h4-6,9-10,12-13,24,43H,7-8,14,39-40H2,1-3H3,(H,41,42)(H,44,45)/b20-13-/t24-/m0/s1. The Morgan fingerprint density at radius 1 is 1.17 bits per heavy atom. The van der Waals surface area contributed by atoms with Crippen LogP contribution in [-0.4, -0.2) is 38.2 Å². The molecule has 0 unspecified atom stereocenters. The van der Waals surface area contributed by atoms with Crippen LogP contribution in [0.25, 0.3) is 21.9 Å². The Kier molecular flexibility index (Phi) is 8.19. The van der Waals surface area contributed by atoms with Crippen molar-refractivity contribution >= 4 is 44.9 Å². The number of halogens is 7. The third kappa shape index (κ3) is 6.32. The van der Waals surface area contributed by atoms with Crippen LogP contribution in [0.5, 0.6) is 0 Å². The number of nitriles is 1. The Labute approximate surface area is 264 Å². The molecule has 0 saturated heterocycles. The molecule has 1 aliphatic rings. The van der Waals surface area contributed by atoms with Crippen LogP contribution >= 0.6 is 11.6 Å². The monoisotopic (exact) mass is 665 g/mol. The molecule has 2 aromatic carbocycles. The van der Waals surface area contributed by atoms with Gasteiger partial charge in [-0.05, 0) is 36.5 Å². The summed E-state index contributed by atoms with van der Waals surface area (Å²) in [6.07, 6.45) is -7.65. The number of aromatic amines is 1. The lowest BCUT2D eigenvalue weighted by molar-refractivity contribution is -0.189. The van der Waals surface area contributed by atoms with Crippen LogP contribution in [-0.2, 0) is 6.18 Å². The number of benzene rings is 2. The fraction of sp³-hybridized carbons (Fsp3) is 0.367. The van der Waals surface area contributed by atoms with Crippen molar-refractivity contribution in [1.29, 1.82) is 5.26 Å². The van der Waals surface area contributed by atoms with Crippen LogP contribution in [0.4, 0.5) is 37.7 Å². The average Bonchev–Trinajstić information content (AvgIpc) is 3.66. The molecule has 0 bridgehead atoms. The molecule has 0 amide bonds. The van der Waals surface area contributed by atoms with E-state index in [1.54, 1.807) is 6.07 Å². The zero-order valence-electron chi connectivity index (χ0n) is 24.8. The molecule has 0 aliphatic heterocycles. The van der Waals surface area contributed by atoms with E-state index in [1.807, 2.05) is 20.8 Å². The van der Waals surface area contributed by atoms with E-state index in [2.05, 4.69) is 31.7 Å². The number of H-pyrrole nitrogens is 1. The summed E-state index contributed by atoms with van der Waals surface area (Å²) >= 11 is 6.63. The molecule has 16 heteroatoms. The van der Waals surface area contributed by atoms with E-state index >= 15 is 0 Å². The van der Waals surface area contributed by atoms with Crippen molar-refractivity contribution in [2.45, 2.75) is 57.5 Å². The van der Waals surface area contributed by atoms with Crippen molar-refractivity contribution in [1.82, 2.24) is 20.0 Å². The van der Waals surface area contributed by atoms with Crippen LogP contribution < -0.4 is 22.2 Å². The van der Waals surface area contributed by atoms with Gasteiger partial charge in [-0.3, -0.25) is 4.98 Å². The molecular formula is C30H30ClF6N9. The zero-order valence-corrected chi connectivity index (χ0v) is 25.6. The summed E-state index contributed by atoms with van der Waals surface area (Å²) in [5.74, 6) is 4.63. The third-order valence-electron chi connectivity index (χ3n) is 7.64. The summed E-state index contributed by atoms with van der Waals surface area (Å²) in [4.78, 5) is 10.3. The summed E-state index contributed by atoms with van der Waals surface area (Å²) < 4.78 is 82.3. The van der Waals surface area contributed by atoms with Gasteiger partial charge in [0.15, 0.2) is 5.54 Å². The van der Waals surface area contributed by atoms with Crippen LogP contribution in [0.1, 0.15) is 56.6 Å². The minimum Gasteiger partial charge on any atom is -0.399 e. The number of hydrogen-bond acceptors (Lipinski definition) is 8. The van der Waals surface area contributed by atoms with Gasteiger partial charge in [0.2, 0.25) is 5.82 Å². The van der Waals surface area contributed by atoms with E-state index < -0.39 is 29.8 Å². The van der Waals surface area contributed by atoms with E-state index in [-0.39, 0.29) is 56.8 Å². The van der Waals surface area contributed by atoms with Gasteiger partial charge in [-0.15, -0.1) is 0 Å². The summed E-state index contributed by atoms with van der Waals surface area (Å²) in [5, 5.41) is 17.3. The van der Waals surface area contributed by atoms with Crippen molar-refractivity contribution in [3.63, 3.8) is 0 Å². The maximum absolute atomic E-state index is 13.8. The van der Waals surface area contributed by atoms with E-state index in [0.717, 1.165) is 6.20 Å². The van der Waals surface area contributed by atoms with Crippen LogP contribution in [0.3, 0.4) is 0 Å². The van der Waals surface area contributed by atoms with Crippen molar-refractivity contribution < 1.29 is 26.3 Å². The topological polar surface area (TPSA) is 145 Å². The SMILES string of the molecule is CC(C)(C)CNc1c(C#N)cnc2c(Cl)cc(N[C@H](/C(N)=C/N(N)C3(C(F)(F)F)CC3)c3cccc4[nH]c(C(F)(F)F)nc34)cc12. The fourth-order valence-electron chi connectivity index (χ4n) is 5.07. The predicted molar refractivity (Wildman–Crippen MR) is 163 cm³/mol. The van der Waals surface area contributed by atoms with E-state index in [1.165, 1.54) is 30.5 Å². The van der Waals surface area contributed by atoms with Gasteiger partial charge in [0.25, 0.3) is 0 Å². The Morgan fingerprint density at radius 2 is 1.87 bits per heavy atom. The van der Waals surface area contributed by atoms with Crippen LogP contribution in [0.15, 0.2) is 48.4 Å². The van der Waals surface area contributed by atoms with Gasteiger partial charge in [-0.2, -0.15) is 31.6 Å². The normalized spacial score (nSPS) is 15.9. The maximum Gasteiger partial charge on any atom is 0.449 e. The maximum atomic E-state index is 13.8. The number of nitrogens with zero attached hydrogens (tertiary/aromatic N) is 4. The number of hydrazine groups is 1. The lowest BCUT2D eigenvalue weighted by atomic mass is 9.96. The number of para-hydroxylation sites is 1. The van der Waals surface area contributed by atoms with Gasteiger partial charge < -0.3 is 26.4 Å². The molecular weight excluding hydrogens is 636 g/mol. The van der Waals surface area contributed by atoms with Gasteiger partial charge in [0.05, 0.1) is 44.6 Å². The van der Waals surface area contributed by atoms with Gasteiger partial charge in [0, 0.05) is 35.6 Å². The minimum atomic E-state index is -4.80. The first-order valence-electron chi connectivity index (χ1n) is 14.0. The van der Waals surface area contributed by atoms with Crippen molar-refractivity contribution in [2.75, 3.05) is 17.2 Å². The highest BCUT2D eigenvalue weighted by molar-refractivity contribution is 6.35. The third-order valence-corrected chi connectivity index (χ3v) is 7.93. The molecule has 4 aromatic rings. The molecule has 2 heterocycles. The molecule has 2 aromatic heterocycles. The second kappa shape index (κ2) is 11.4. The summed E-state index contributed by atoms with van der Waals surface area (Å²) in [6.45, 7) is 6.48. The van der Waals surface area contributed by atoms with E-state index in [9.17, 15) is 31.6 Å². The lowest BCUT2D eigenvalue weighted by Crippen LogP contribution is -2.49. The van der Waals surface area contributed by atoms with E-state index in [0.29, 0.717) is 28.1 Å². The molecule has 0 spiro atoms. The lowest BCUT2D eigenvalue weighted by Gasteiger charge is -2.30. The molecule has 1 saturated carbocycles. The van der Waals surface area contributed by atoms with Gasteiger partial charge in [-0.1, -0.05) is 44.5 Å². The van der Waals surface area contributed by atoms with Crippen molar-refractivity contribution in [3.8, 4) is 6.07 Å². The van der Waals surface area contributed by atoms with E-state index in [4.69, 9.17) is 23.2 Å². The second-order valence-corrected chi connectivity index (χ2v) is 12.8. The highest BCUT2D eigenvalue weighted by Gasteiger charge is 2.66. The van der Waals surface area contributed by atoms with Crippen molar-refractivity contribution in [2.24, 2.45) is 17.0 Å². The smallest absolute Gasteiger partial charge is 0.399 e. The molecule has 9 nitrogen and oxygen atoms in total. The molecule has 1 aliphatic carbocycles. The highest BCUT2D eigenvalue weighted by atomic mass is 35.5. The molecule has 1 atom stereocenters. The number of hydrogen-bond donors (Lipinski definition) is 5. The van der Waals surface area contributed by atoms with Crippen LogP contribution in [0.2, 0.25) is 5.02 Å². The highest BCUT2D eigenvalue weighted by Crippen LogP contribution is 2.52.